The summed E-state index contributed by atoms with van der Waals surface area (Å²) in [4.78, 5) is 28.4. The van der Waals surface area contributed by atoms with Crippen molar-refractivity contribution in [3.05, 3.63) is 131 Å². The molecule has 0 radical (unpaired) electrons. The van der Waals surface area contributed by atoms with Gasteiger partial charge in [-0.05, 0) is 35.4 Å². The second-order valence-electron chi connectivity index (χ2n) is 9.36. The van der Waals surface area contributed by atoms with Gasteiger partial charge in [-0.15, -0.1) is 0 Å². The number of carbonyl (C=O) groups is 2. The van der Waals surface area contributed by atoms with Gasteiger partial charge < -0.3 is 26.2 Å². The van der Waals surface area contributed by atoms with Crippen LogP contribution in [0.2, 0.25) is 0 Å². The van der Waals surface area contributed by atoms with Gasteiger partial charge in [0.1, 0.15) is 0 Å². The van der Waals surface area contributed by atoms with Crippen LogP contribution < -0.4 is 11.1 Å². The summed E-state index contributed by atoms with van der Waals surface area (Å²) in [5, 5.41) is 22.2. The third-order valence-corrected chi connectivity index (χ3v) is 6.27. The number of fused-ring (bicyclic) bond motifs is 1. The quantitative estimate of drug-likeness (QED) is 0.140. The van der Waals surface area contributed by atoms with Gasteiger partial charge in [-0.1, -0.05) is 78.9 Å². The number of carboxylic acid groups (broad SMARTS) is 1. The second-order valence-corrected chi connectivity index (χ2v) is 9.36. The van der Waals surface area contributed by atoms with E-state index in [1.807, 2.05) is 72.8 Å². The van der Waals surface area contributed by atoms with Crippen molar-refractivity contribution >= 4 is 34.2 Å². The van der Waals surface area contributed by atoms with Gasteiger partial charge in [0.05, 0.1) is 17.0 Å². The number of nitrogens with zero attached hydrogens (tertiary/aromatic N) is 1. The number of carbonyl (C=O) groups excluding carboxylic acids is 1. The van der Waals surface area contributed by atoms with E-state index < -0.39 is 18.1 Å². The molecule has 0 saturated heterocycles. The Hall–Kier alpha value is -5.42. The van der Waals surface area contributed by atoms with E-state index in [-0.39, 0.29) is 5.88 Å². The first-order valence-corrected chi connectivity index (χ1v) is 13.0. The molecule has 11 heteroatoms. The van der Waals surface area contributed by atoms with Gasteiger partial charge in [-0.3, -0.25) is 4.79 Å². The number of nitrogens with one attached hydrogen (secondary N) is 2. The summed E-state index contributed by atoms with van der Waals surface area (Å²) in [7, 11) is 0. The summed E-state index contributed by atoms with van der Waals surface area (Å²) in [6, 6.07) is 33.1. The van der Waals surface area contributed by atoms with Crippen LogP contribution in [0.4, 0.5) is 18.9 Å². The highest BCUT2D eigenvalue weighted by molar-refractivity contribution is 6.22. The van der Waals surface area contributed by atoms with Gasteiger partial charge >= 0.3 is 12.1 Å². The molecule has 0 bridgehead atoms. The predicted molar refractivity (Wildman–Crippen MR) is 157 cm³/mol. The Bertz CT molecular complexity index is 1730. The smallest absolute Gasteiger partial charge is 0.490 e. The molecular weight excluding hydrogens is 561 g/mol. The number of amides is 1. The number of alkyl halides is 3. The summed E-state index contributed by atoms with van der Waals surface area (Å²) < 4.78 is 31.7. The number of primary amides is 1. The molecule has 5 aromatic rings. The highest BCUT2D eigenvalue weighted by atomic mass is 19.4. The van der Waals surface area contributed by atoms with Gasteiger partial charge in [0, 0.05) is 35.1 Å². The van der Waals surface area contributed by atoms with Crippen LogP contribution in [0.3, 0.4) is 0 Å². The van der Waals surface area contributed by atoms with E-state index >= 15 is 0 Å². The topological polar surface area (TPSA) is 141 Å². The lowest BCUT2D eigenvalue weighted by molar-refractivity contribution is -0.192. The zero-order valence-corrected chi connectivity index (χ0v) is 22.6. The number of aromatic amines is 1. The van der Waals surface area contributed by atoms with Crippen LogP contribution in [0.25, 0.3) is 10.9 Å². The second kappa shape index (κ2) is 13.5. The molecular formula is C32H27F3N4O4. The van der Waals surface area contributed by atoms with Crippen molar-refractivity contribution in [1.82, 2.24) is 10.3 Å². The fourth-order valence-electron chi connectivity index (χ4n) is 4.20. The third kappa shape index (κ3) is 8.08. The molecule has 1 aromatic heterocycles. The normalized spacial score (nSPS) is 11.6. The molecule has 1 amide bonds. The molecule has 43 heavy (non-hydrogen) atoms. The van der Waals surface area contributed by atoms with Gasteiger partial charge in [-0.25, -0.2) is 9.79 Å². The van der Waals surface area contributed by atoms with E-state index in [0.717, 1.165) is 35.3 Å². The number of rotatable bonds is 8. The lowest BCUT2D eigenvalue weighted by Gasteiger charge is -2.09. The fourth-order valence-corrected chi connectivity index (χ4v) is 4.20. The number of aliphatic carboxylic acids is 1. The largest absolute Gasteiger partial charge is 0.494 e. The van der Waals surface area contributed by atoms with Crippen molar-refractivity contribution in [1.29, 1.82) is 0 Å². The summed E-state index contributed by atoms with van der Waals surface area (Å²) in [6.45, 7) is 1.55. The Balaban J connectivity index is 0.000000541. The van der Waals surface area contributed by atoms with Crippen LogP contribution in [-0.4, -0.2) is 39.0 Å². The van der Waals surface area contributed by atoms with E-state index in [0.29, 0.717) is 22.4 Å². The maximum atomic E-state index is 11.6. The molecule has 0 aliphatic rings. The van der Waals surface area contributed by atoms with E-state index in [1.165, 1.54) is 5.56 Å². The van der Waals surface area contributed by atoms with E-state index in [9.17, 15) is 23.1 Å². The van der Waals surface area contributed by atoms with Gasteiger partial charge in [0.25, 0.3) is 0 Å². The maximum absolute atomic E-state index is 11.6. The average Bonchev–Trinajstić information content (AvgIpc) is 3.32. The van der Waals surface area contributed by atoms with Crippen molar-refractivity contribution in [2.75, 3.05) is 0 Å². The zero-order valence-electron chi connectivity index (χ0n) is 22.6. The Morgan fingerprint density at radius 3 is 1.93 bits per heavy atom. The maximum Gasteiger partial charge on any atom is 0.490 e. The molecule has 6 N–H and O–H groups in total. The molecule has 0 atom stereocenters. The number of aromatic nitrogens is 1. The number of benzene rings is 4. The molecule has 8 nitrogen and oxygen atoms in total. The highest BCUT2D eigenvalue weighted by Crippen LogP contribution is 2.32. The molecule has 1 heterocycles. The highest BCUT2D eigenvalue weighted by Gasteiger charge is 2.38. The minimum atomic E-state index is -5.08. The van der Waals surface area contributed by atoms with Crippen LogP contribution in [0.15, 0.2) is 108 Å². The predicted octanol–water partition coefficient (Wildman–Crippen LogP) is 6.06. The molecule has 0 aliphatic carbocycles. The van der Waals surface area contributed by atoms with E-state index in [1.54, 1.807) is 18.2 Å². The monoisotopic (exact) mass is 588 g/mol. The molecule has 0 saturated carbocycles. The Labute approximate surface area is 244 Å². The Morgan fingerprint density at radius 1 is 0.814 bits per heavy atom. The van der Waals surface area contributed by atoms with E-state index in [4.69, 9.17) is 20.6 Å². The molecule has 0 fully saturated rings. The van der Waals surface area contributed by atoms with E-state index in [2.05, 4.69) is 22.4 Å². The number of halogens is 3. The minimum Gasteiger partial charge on any atom is -0.494 e. The lowest BCUT2D eigenvalue weighted by Crippen LogP contribution is -2.21. The molecule has 0 unspecified atom stereocenters. The Morgan fingerprint density at radius 2 is 1.37 bits per heavy atom. The van der Waals surface area contributed by atoms with Gasteiger partial charge in [-0.2, -0.15) is 13.2 Å². The SMILES string of the molecule is NC(=O)c1ccc2c(C(=Nc3ccc(CNCc4ccccc4)cc3)c3ccccc3)c(O)[nH]c2c1.O=C(O)C(F)(F)F. The van der Waals surface area contributed by atoms with Crippen molar-refractivity contribution in [2.45, 2.75) is 19.3 Å². The van der Waals surface area contributed by atoms with Crippen molar-refractivity contribution in [2.24, 2.45) is 10.7 Å². The van der Waals surface area contributed by atoms with Crippen LogP contribution in [-0.2, 0) is 17.9 Å². The van der Waals surface area contributed by atoms with Crippen molar-refractivity contribution in [3.63, 3.8) is 0 Å². The molecule has 5 rings (SSSR count). The number of hydrogen-bond donors (Lipinski definition) is 5. The summed E-state index contributed by atoms with van der Waals surface area (Å²) in [5.74, 6) is -3.30. The first-order valence-electron chi connectivity index (χ1n) is 13.0. The van der Waals surface area contributed by atoms with Gasteiger partial charge in [0.2, 0.25) is 5.91 Å². The number of nitrogens with two attached hydrogens (primary N) is 1. The minimum absolute atomic E-state index is 0.0176. The fraction of sp³-hybridized carbons (Fsp3) is 0.0938. The van der Waals surface area contributed by atoms with Crippen molar-refractivity contribution < 1.29 is 33.0 Å². The average molecular weight is 589 g/mol. The van der Waals surface area contributed by atoms with Crippen LogP contribution in [0.5, 0.6) is 5.88 Å². The first kappa shape index (κ1) is 30.5. The number of carboxylic acids is 1. The Kier molecular flexibility index (Phi) is 9.58. The summed E-state index contributed by atoms with van der Waals surface area (Å²) in [6.07, 6.45) is -5.08. The molecule has 0 spiro atoms. The van der Waals surface area contributed by atoms with Crippen LogP contribution in [0, 0.1) is 0 Å². The standard InChI is InChI=1S/C30H26N4O2.C2HF3O2/c31-29(35)23-13-16-25-26(17-23)34-30(36)27(25)28(22-9-5-2-6-10-22)33-24-14-11-21(12-15-24)19-32-18-20-7-3-1-4-8-20;3-2(4,5)1(6)7/h1-17,32,34,36H,18-19H2,(H2,31,35);(H,6,7). The molecule has 0 aliphatic heterocycles. The lowest BCUT2D eigenvalue weighted by atomic mass is 10.00. The van der Waals surface area contributed by atoms with Crippen LogP contribution >= 0.6 is 0 Å². The number of aromatic hydroxyl groups is 1. The zero-order chi connectivity index (χ0) is 31.0. The number of H-pyrrole nitrogens is 1. The molecule has 4 aromatic carbocycles. The summed E-state index contributed by atoms with van der Waals surface area (Å²) in [5.41, 5.74) is 11.6. The third-order valence-electron chi connectivity index (χ3n) is 6.27. The number of hydrogen-bond acceptors (Lipinski definition) is 5. The summed E-state index contributed by atoms with van der Waals surface area (Å²) >= 11 is 0. The van der Waals surface area contributed by atoms with Crippen LogP contribution in [0.1, 0.15) is 32.6 Å². The van der Waals surface area contributed by atoms with Gasteiger partial charge in [0.15, 0.2) is 5.88 Å². The van der Waals surface area contributed by atoms with Crippen molar-refractivity contribution in [3.8, 4) is 5.88 Å². The number of aliphatic imine (C=N–C) groups is 1. The molecule has 220 valence electrons. The first-order chi connectivity index (χ1) is 20.5.